The van der Waals surface area contributed by atoms with Crippen LogP contribution in [0.15, 0.2) is 23.2 Å². The van der Waals surface area contributed by atoms with E-state index >= 15 is 0 Å². The number of benzene rings is 1. The van der Waals surface area contributed by atoms with Gasteiger partial charge >= 0.3 is 0 Å². The van der Waals surface area contributed by atoms with Gasteiger partial charge in [-0.2, -0.15) is 0 Å². The third-order valence-electron chi connectivity index (χ3n) is 7.07. The molecule has 4 heterocycles. The summed E-state index contributed by atoms with van der Waals surface area (Å²) in [5, 5.41) is 3.52. The molecule has 1 aromatic carbocycles. The highest BCUT2D eigenvalue weighted by molar-refractivity contribution is 14.0. The maximum Gasteiger partial charge on any atom is 0.231 e. The van der Waals surface area contributed by atoms with Crippen LogP contribution >= 0.6 is 24.0 Å². The van der Waals surface area contributed by atoms with Gasteiger partial charge in [-0.15, -0.1) is 24.0 Å². The van der Waals surface area contributed by atoms with Crippen molar-refractivity contribution in [1.82, 2.24) is 10.2 Å². The summed E-state index contributed by atoms with van der Waals surface area (Å²) in [5.74, 6) is 2.61. The third kappa shape index (κ3) is 5.52. The van der Waals surface area contributed by atoms with Gasteiger partial charge in [-0.3, -0.25) is 4.99 Å². The summed E-state index contributed by atoms with van der Waals surface area (Å²) in [4.78, 5) is 7.51. The van der Waals surface area contributed by atoms with Gasteiger partial charge in [0.25, 0.3) is 0 Å². The smallest absolute Gasteiger partial charge is 0.231 e. The normalized spacial score (nSPS) is 26.7. The maximum atomic E-state index is 6.05. The lowest BCUT2D eigenvalue weighted by Crippen LogP contribution is -2.53. The quantitative estimate of drug-likeness (QED) is 0.330. The van der Waals surface area contributed by atoms with Crippen LogP contribution in [-0.2, 0) is 19.6 Å². The van der Waals surface area contributed by atoms with Crippen LogP contribution in [0.5, 0.6) is 11.5 Å². The average molecular weight is 573 g/mol. The van der Waals surface area contributed by atoms with Crippen LogP contribution < -0.4 is 14.8 Å². The first-order chi connectivity index (χ1) is 15.8. The Hall–Kier alpha value is -1.30. The Morgan fingerprint density at radius 1 is 1.09 bits per heavy atom. The Balaban J connectivity index is 0.00000259. The fourth-order valence-corrected chi connectivity index (χ4v) is 5.17. The second-order valence-corrected chi connectivity index (χ2v) is 9.04. The molecule has 2 atom stereocenters. The van der Waals surface area contributed by atoms with Crippen molar-refractivity contribution in [1.29, 1.82) is 0 Å². The van der Waals surface area contributed by atoms with Gasteiger partial charge < -0.3 is 33.9 Å². The molecule has 0 bridgehead atoms. The van der Waals surface area contributed by atoms with Crippen molar-refractivity contribution in [3.63, 3.8) is 0 Å². The fourth-order valence-electron chi connectivity index (χ4n) is 5.17. The van der Waals surface area contributed by atoms with Gasteiger partial charge in [0.15, 0.2) is 17.5 Å². The van der Waals surface area contributed by atoms with Crippen LogP contribution in [0.25, 0.3) is 0 Å². The van der Waals surface area contributed by atoms with E-state index in [1.807, 2.05) is 6.07 Å². The average Bonchev–Trinajstić information content (AvgIpc) is 3.54. The van der Waals surface area contributed by atoms with Crippen LogP contribution in [-0.4, -0.2) is 82.5 Å². The number of ether oxygens (including phenoxy) is 5. The molecule has 5 rings (SSSR count). The summed E-state index contributed by atoms with van der Waals surface area (Å²) in [5.41, 5.74) is 1.18. The Kier molecular flexibility index (Phi) is 8.59. The number of hydrogen-bond donors (Lipinski definition) is 1. The van der Waals surface area contributed by atoms with Gasteiger partial charge in [-0.05, 0) is 50.3 Å². The number of fused-ring (bicyclic) bond motifs is 1. The molecular formula is C24H36IN3O5. The van der Waals surface area contributed by atoms with Crippen molar-refractivity contribution in [2.24, 2.45) is 4.99 Å². The van der Waals surface area contributed by atoms with E-state index in [0.717, 1.165) is 82.6 Å². The lowest BCUT2D eigenvalue weighted by atomic mass is 9.74. The minimum Gasteiger partial charge on any atom is -0.454 e. The molecule has 0 spiro atoms. The van der Waals surface area contributed by atoms with Crippen LogP contribution in [0.2, 0.25) is 0 Å². The molecule has 0 radical (unpaired) electrons. The number of halogens is 1. The number of morpholine rings is 1. The molecule has 33 heavy (non-hydrogen) atoms. The van der Waals surface area contributed by atoms with E-state index in [1.165, 1.54) is 5.56 Å². The van der Waals surface area contributed by atoms with E-state index in [4.69, 9.17) is 28.7 Å². The molecule has 1 aromatic rings. The Morgan fingerprint density at radius 2 is 1.91 bits per heavy atom. The molecule has 4 aliphatic heterocycles. The molecule has 184 valence electrons. The molecule has 9 heteroatoms. The van der Waals surface area contributed by atoms with Crippen molar-refractivity contribution < 1.29 is 23.7 Å². The first-order valence-electron chi connectivity index (χ1n) is 12.0. The highest BCUT2D eigenvalue weighted by Crippen LogP contribution is 2.41. The maximum absolute atomic E-state index is 6.05. The zero-order chi connectivity index (χ0) is 21.8. The molecule has 0 aromatic heterocycles. The minimum absolute atomic E-state index is 0. The first kappa shape index (κ1) is 24.8. The highest BCUT2D eigenvalue weighted by atomic mass is 127. The molecule has 1 N–H and O–H groups in total. The number of rotatable bonds is 5. The largest absolute Gasteiger partial charge is 0.454 e. The highest BCUT2D eigenvalue weighted by Gasteiger charge is 2.37. The number of hydrogen-bond acceptors (Lipinski definition) is 6. The summed E-state index contributed by atoms with van der Waals surface area (Å²) < 4.78 is 28.9. The van der Waals surface area contributed by atoms with Gasteiger partial charge in [-0.25, -0.2) is 0 Å². The summed E-state index contributed by atoms with van der Waals surface area (Å²) in [7, 11) is 0. The summed E-state index contributed by atoms with van der Waals surface area (Å²) in [6.45, 7) is 8.66. The van der Waals surface area contributed by atoms with Crippen LogP contribution in [0.4, 0.5) is 0 Å². The fraction of sp³-hybridized carbons (Fsp3) is 0.708. The van der Waals surface area contributed by atoms with E-state index in [0.29, 0.717) is 19.9 Å². The zero-order valence-electron chi connectivity index (χ0n) is 19.4. The molecule has 2 unspecified atom stereocenters. The number of aliphatic imine (C=N–C) groups is 1. The van der Waals surface area contributed by atoms with Crippen LogP contribution in [0.3, 0.4) is 0 Å². The van der Waals surface area contributed by atoms with Gasteiger partial charge in [-0.1, -0.05) is 6.07 Å². The van der Waals surface area contributed by atoms with E-state index in [9.17, 15) is 0 Å². The lowest BCUT2D eigenvalue weighted by molar-refractivity contribution is -0.0817. The molecule has 4 aliphatic rings. The van der Waals surface area contributed by atoms with Crippen LogP contribution in [0, 0.1) is 0 Å². The number of nitrogens with zero attached hydrogens (tertiary/aromatic N) is 2. The van der Waals surface area contributed by atoms with E-state index < -0.39 is 0 Å². The van der Waals surface area contributed by atoms with Gasteiger partial charge in [0, 0.05) is 44.9 Å². The predicted octanol–water partition coefficient (Wildman–Crippen LogP) is 2.93. The Bertz CT molecular complexity index is 811. The standard InChI is InChI=1S/C24H35N3O5.HI/c1-2-25-23(27-9-13-30-22(15-27)19-4-3-10-29-19)26-16-24(7-11-28-12-8-24)18-5-6-20-21(14-18)32-17-31-20;/h5-6,14,19,22H,2-4,7-13,15-17H2,1H3,(H,25,26);1H. The Labute approximate surface area is 213 Å². The summed E-state index contributed by atoms with van der Waals surface area (Å²) >= 11 is 0. The summed E-state index contributed by atoms with van der Waals surface area (Å²) in [6, 6.07) is 6.33. The number of guanidine groups is 1. The van der Waals surface area contributed by atoms with Crippen molar-refractivity contribution in [3.8, 4) is 11.5 Å². The minimum atomic E-state index is -0.0693. The van der Waals surface area contributed by atoms with Crippen molar-refractivity contribution >= 4 is 29.9 Å². The third-order valence-corrected chi connectivity index (χ3v) is 7.07. The van der Waals surface area contributed by atoms with Crippen molar-refractivity contribution in [3.05, 3.63) is 23.8 Å². The lowest BCUT2D eigenvalue weighted by Gasteiger charge is -2.39. The van der Waals surface area contributed by atoms with E-state index in [1.54, 1.807) is 0 Å². The number of nitrogens with one attached hydrogen (secondary N) is 1. The SMILES string of the molecule is CCNC(=NCC1(c2ccc3c(c2)OCO3)CCOCC1)N1CCOC(C2CCCO2)C1.I. The van der Waals surface area contributed by atoms with Crippen molar-refractivity contribution in [2.45, 2.75) is 50.2 Å². The van der Waals surface area contributed by atoms with E-state index in [2.05, 4.69) is 29.3 Å². The second-order valence-electron chi connectivity index (χ2n) is 9.04. The monoisotopic (exact) mass is 573 g/mol. The molecular weight excluding hydrogens is 537 g/mol. The topological polar surface area (TPSA) is 73.8 Å². The van der Waals surface area contributed by atoms with E-state index in [-0.39, 0.29) is 41.6 Å². The van der Waals surface area contributed by atoms with Gasteiger partial charge in [0.2, 0.25) is 6.79 Å². The molecule has 3 fully saturated rings. The molecule has 8 nitrogen and oxygen atoms in total. The predicted molar refractivity (Wildman–Crippen MR) is 136 cm³/mol. The molecule has 0 amide bonds. The summed E-state index contributed by atoms with van der Waals surface area (Å²) in [6.07, 6.45) is 4.41. The zero-order valence-corrected chi connectivity index (χ0v) is 21.8. The second kappa shape index (κ2) is 11.4. The molecule has 0 saturated carbocycles. The molecule has 3 saturated heterocycles. The van der Waals surface area contributed by atoms with Gasteiger partial charge in [0.1, 0.15) is 6.10 Å². The van der Waals surface area contributed by atoms with Gasteiger partial charge in [0.05, 0.1) is 19.3 Å². The van der Waals surface area contributed by atoms with Crippen molar-refractivity contribution in [2.75, 3.05) is 59.4 Å². The Morgan fingerprint density at radius 3 is 2.70 bits per heavy atom. The first-order valence-corrected chi connectivity index (χ1v) is 12.0. The van der Waals surface area contributed by atoms with Crippen LogP contribution in [0.1, 0.15) is 38.2 Å². The molecule has 0 aliphatic carbocycles.